The van der Waals surface area contributed by atoms with Gasteiger partial charge in [0.15, 0.2) is 5.82 Å². The number of rotatable bonds is 3. The highest BCUT2D eigenvalue weighted by molar-refractivity contribution is 7.80. The molecule has 3 aromatic rings. The van der Waals surface area contributed by atoms with Crippen molar-refractivity contribution >= 4 is 17.3 Å². The summed E-state index contributed by atoms with van der Waals surface area (Å²) in [6.45, 7) is 4.52. The Hall–Kier alpha value is -2.46. The van der Waals surface area contributed by atoms with Crippen molar-refractivity contribution in [3.8, 4) is 11.1 Å². The fraction of sp³-hybridized carbons (Fsp3) is 0.200. The third-order valence-electron chi connectivity index (χ3n) is 4.04. The van der Waals surface area contributed by atoms with Gasteiger partial charge in [0.25, 0.3) is 0 Å². The molecule has 0 atom stereocenters. The molecule has 0 spiro atoms. The fourth-order valence-corrected chi connectivity index (χ4v) is 3.22. The molecule has 4 rings (SSSR count). The fourth-order valence-electron chi connectivity index (χ4n) is 3.04. The molecule has 1 aliphatic rings. The van der Waals surface area contributed by atoms with Gasteiger partial charge in [-0.05, 0) is 34.5 Å². The lowest BCUT2D eigenvalue weighted by Gasteiger charge is -2.14. The van der Waals surface area contributed by atoms with E-state index in [0.29, 0.717) is 17.5 Å². The second-order valence-electron chi connectivity index (χ2n) is 5.26. The van der Waals surface area contributed by atoms with Gasteiger partial charge in [0.2, 0.25) is 5.05 Å². The van der Waals surface area contributed by atoms with Crippen molar-refractivity contribution in [1.82, 2.24) is 9.97 Å². The number of hydrogen-bond acceptors (Lipinski definition) is 3. The van der Waals surface area contributed by atoms with Crippen LogP contribution in [0.5, 0.6) is 0 Å². The first-order valence-corrected chi connectivity index (χ1v) is 8.60. The van der Waals surface area contributed by atoms with Crippen LogP contribution >= 0.6 is 12.2 Å². The van der Waals surface area contributed by atoms with E-state index in [4.69, 9.17) is 17.0 Å². The number of aromatic nitrogens is 2. The third-order valence-corrected chi connectivity index (χ3v) is 4.35. The highest BCUT2D eigenvalue weighted by Crippen LogP contribution is 2.44. The Morgan fingerprint density at radius 1 is 1.04 bits per heavy atom. The predicted molar refractivity (Wildman–Crippen MR) is 101 cm³/mol. The van der Waals surface area contributed by atoms with E-state index in [1.54, 1.807) is 12.4 Å². The topological polar surface area (TPSA) is 37.9 Å². The van der Waals surface area contributed by atoms with Crippen LogP contribution in [-0.2, 0) is 4.74 Å². The molecule has 1 aromatic heterocycles. The molecule has 0 unspecified atom stereocenters. The molecule has 0 amide bonds. The van der Waals surface area contributed by atoms with E-state index in [1.165, 1.54) is 22.3 Å². The standard InChI is InChI=1S/C18H14N2OS.C2H6/c22-18(17-19-9-10-20-17)21-11-16-14-7-3-1-5-12(14)13-6-2-4-8-15(13)16;1-2/h1-10,16H,11H2,(H,19,20);1-2H3. The van der Waals surface area contributed by atoms with Crippen LogP contribution in [0.25, 0.3) is 11.1 Å². The van der Waals surface area contributed by atoms with E-state index in [1.807, 2.05) is 13.8 Å². The van der Waals surface area contributed by atoms with E-state index in [-0.39, 0.29) is 5.92 Å². The first-order chi connectivity index (χ1) is 11.8. The summed E-state index contributed by atoms with van der Waals surface area (Å²) in [5.41, 5.74) is 5.17. The van der Waals surface area contributed by atoms with E-state index in [2.05, 4.69) is 58.5 Å². The molecule has 4 heteroatoms. The van der Waals surface area contributed by atoms with Crippen molar-refractivity contribution in [3.63, 3.8) is 0 Å². The van der Waals surface area contributed by atoms with Gasteiger partial charge >= 0.3 is 0 Å². The average molecular weight is 336 g/mol. The van der Waals surface area contributed by atoms with Crippen molar-refractivity contribution in [2.24, 2.45) is 0 Å². The lowest BCUT2D eigenvalue weighted by atomic mass is 9.98. The lowest BCUT2D eigenvalue weighted by molar-refractivity contribution is 0.299. The number of nitrogens with one attached hydrogen (secondary N) is 1. The van der Waals surface area contributed by atoms with Crippen LogP contribution in [0.15, 0.2) is 60.9 Å². The van der Waals surface area contributed by atoms with Crippen LogP contribution in [0.1, 0.15) is 36.7 Å². The number of ether oxygens (including phenoxy) is 1. The van der Waals surface area contributed by atoms with Crippen LogP contribution < -0.4 is 0 Å². The maximum absolute atomic E-state index is 5.82. The zero-order valence-electron chi connectivity index (χ0n) is 13.8. The van der Waals surface area contributed by atoms with Gasteiger partial charge in [0.1, 0.15) is 6.61 Å². The zero-order valence-corrected chi connectivity index (χ0v) is 14.6. The molecule has 1 heterocycles. The number of aromatic amines is 1. The van der Waals surface area contributed by atoms with Crippen molar-refractivity contribution in [3.05, 3.63) is 77.9 Å². The maximum atomic E-state index is 5.82. The Morgan fingerprint density at radius 3 is 2.17 bits per heavy atom. The number of thiocarbonyl (C=S) groups is 1. The highest BCUT2D eigenvalue weighted by Gasteiger charge is 2.28. The zero-order chi connectivity index (χ0) is 16.9. The van der Waals surface area contributed by atoms with Gasteiger partial charge in [-0.15, -0.1) is 0 Å². The summed E-state index contributed by atoms with van der Waals surface area (Å²) >= 11 is 5.29. The normalized spacial score (nSPS) is 11.9. The minimum absolute atomic E-state index is 0.209. The smallest absolute Gasteiger partial charge is 0.227 e. The monoisotopic (exact) mass is 336 g/mol. The Kier molecular flexibility index (Phi) is 5.06. The van der Waals surface area contributed by atoms with Gasteiger partial charge in [0.05, 0.1) is 0 Å². The predicted octanol–water partition coefficient (Wildman–Crippen LogP) is 4.94. The van der Waals surface area contributed by atoms with Gasteiger partial charge in [-0.3, -0.25) is 0 Å². The average Bonchev–Trinajstić information content (AvgIpc) is 3.28. The number of benzene rings is 2. The molecule has 0 aliphatic heterocycles. The third kappa shape index (κ3) is 2.97. The molecular formula is C20H20N2OS. The van der Waals surface area contributed by atoms with Crippen LogP contribution in [-0.4, -0.2) is 21.6 Å². The molecule has 122 valence electrons. The molecule has 24 heavy (non-hydrogen) atoms. The Balaban J connectivity index is 0.000000815. The minimum Gasteiger partial charge on any atom is -0.480 e. The van der Waals surface area contributed by atoms with Crippen molar-refractivity contribution in [2.75, 3.05) is 6.61 Å². The summed E-state index contributed by atoms with van der Waals surface area (Å²) in [5.74, 6) is 0.815. The molecule has 0 radical (unpaired) electrons. The van der Waals surface area contributed by atoms with E-state index in [9.17, 15) is 0 Å². The first kappa shape index (κ1) is 16.4. The van der Waals surface area contributed by atoms with E-state index in [0.717, 1.165) is 0 Å². The van der Waals surface area contributed by atoms with Gasteiger partial charge in [-0.2, -0.15) is 0 Å². The van der Waals surface area contributed by atoms with Crippen molar-refractivity contribution < 1.29 is 4.74 Å². The first-order valence-electron chi connectivity index (χ1n) is 8.19. The molecule has 0 fully saturated rings. The van der Waals surface area contributed by atoms with E-state index >= 15 is 0 Å². The van der Waals surface area contributed by atoms with Crippen molar-refractivity contribution in [2.45, 2.75) is 19.8 Å². The van der Waals surface area contributed by atoms with Crippen LogP contribution in [0, 0.1) is 0 Å². The molecule has 0 bridgehead atoms. The Bertz CT molecular complexity index is 782. The lowest BCUT2D eigenvalue weighted by Crippen LogP contribution is -2.12. The summed E-state index contributed by atoms with van der Waals surface area (Å²) in [4.78, 5) is 7.10. The number of fused-ring (bicyclic) bond motifs is 3. The molecule has 1 N–H and O–H groups in total. The quantitative estimate of drug-likeness (QED) is 0.688. The SMILES string of the molecule is CC.S=C(OCC1c2ccccc2-c2ccccc21)c1ncc[nH]1. The van der Waals surface area contributed by atoms with Crippen LogP contribution in [0.4, 0.5) is 0 Å². The second-order valence-corrected chi connectivity index (χ2v) is 5.63. The van der Waals surface area contributed by atoms with Crippen molar-refractivity contribution in [1.29, 1.82) is 0 Å². The van der Waals surface area contributed by atoms with Gasteiger partial charge in [0, 0.05) is 18.3 Å². The van der Waals surface area contributed by atoms with Crippen LogP contribution in [0.2, 0.25) is 0 Å². The van der Waals surface area contributed by atoms with Gasteiger partial charge in [-0.25, -0.2) is 4.98 Å². The van der Waals surface area contributed by atoms with Gasteiger partial charge < -0.3 is 9.72 Å². The molecule has 2 aromatic carbocycles. The highest BCUT2D eigenvalue weighted by atomic mass is 32.1. The molecule has 1 aliphatic carbocycles. The van der Waals surface area contributed by atoms with Gasteiger partial charge in [-0.1, -0.05) is 62.4 Å². The Morgan fingerprint density at radius 2 is 1.62 bits per heavy atom. The number of hydrogen-bond donors (Lipinski definition) is 1. The minimum atomic E-state index is 0.209. The summed E-state index contributed by atoms with van der Waals surface area (Å²) in [6.07, 6.45) is 3.41. The molecule has 0 saturated heterocycles. The summed E-state index contributed by atoms with van der Waals surface area (Å²) < 4.78 is 5.82. The Labute approximate surface area is 147 Å². The molecular weight excluding hydrogens is 316 g/mol. The van der Waals surface area contributed by atoms with Crippen LogP contribution in [0.3, 0.4) is 0 Å². The summed E-state index contributed by atoms with van der Waals surface area (Å²) in [6, 6.07) is 17.0. The maximum Gasteiger partial charge on any atom is 0.227 e. The van der Waals surface area contributed by atoms with E-state index < -0.39 is 0 Å². The molecule has 3 nitrogen and oxygen atoms in total. The molecule has 0 saturated carbocycles. The summed E-state index contributed by atoms with van der Waals surface area (Å²) in [5, 5.41) is 0.409. The number of nitrogens with zero attached hydrogens (tertiary/aromatic N) is 1. The summed E-state index contributed by atoms with van der Waals surface area (Å²) in [7, 11) is 0. The number of H-pyrrole nitrogens is 1. The number of imidazole rings is 1. The second kappa shape index (κ2) is 7.41. The largest absolute Gasteiger partial charge is 0.480 e.